The van der Waals surface area contributed by atoms with Crippen molar-refractivity contribution >= 4 is 5.91 Å². The molecule has 0 bridgehead atoms. The van der Waals surface area contributed by atoms with Crippen LogP contribution < -0.4 is 5.32 Å². The maximum atomic E-state index is 12.8. The van der Waals surface area contributed by atoms with Crippen LogP contribution >= 0.6 is 0 Å². The molecule has 0 unspecified atom stereocenters. The molecule has 1 N–H and O–H groups in total. The van der Waals surface area contributed by atoms with Crippen molar-refractivity contribution in [3.8, 4) is 0 Å². The Kier molecular flexibility index (Phi) is 4.06. The van der Waals surface area contributed by atoms with Crippen LogP contribution in [0.4, 0.5) is 0 Å². The lowest BCUT2D eigenvalue weighted by Gasteiger charge is -2.37. The third-order valence-electron chi connectivity index (χ3n) is 4.05. The van der Waals surface area contributed by atoms with Gasteiger partial charge in [0.15, 0.2) is 0 Å². The largest absolute Gasteiger partial charge is 0.339 e. The maximum Gasteiger partial charge on any atom is 0.270 e. The van der Waals surface area contributed by atoms with Gasteiger partial charge in [-0.05, 0) is 24.6 Å². The Morgan fingerprint density at radius 2 is 2.00 bits per heavy atom. The van der Waals surface area contributed by atoms with E-state index in [1.807, 2.05) is 52.9 Å². The first kappa shape index (κ1) is 13.9. The van der Waals surface area contributed by atoms with E-state index in [-0.39, 0.29) is 5.91 Å². The number of hydrogen-bond donors (Lipinski definition) is 1. The van der Waals surface area contributed by atoms with Gasteiger partial charge in [0.1, 0.15) is 5.69 Å². The summed E-state index contributed by atoms with van der Waals surface area (Å²) in [4.78, 5) is 14.7. The number of carbonyl (C=O) groups excluding carboxylic acids is 1. The van der Waals surface area contributed by atoms with E-state index < -0.39 is 0 Å². The standard InChI is InChI=1S/C17H21N3O/c1-2-20(15-11-18-12-15)17(21)16-9-6-10-19(16)13-14-7-4-3-5-8-14/h3-10,15,18H,2,11-13H2,1H3. The number of aromatic nitrogens is 1. The van der Waals surface area contributed by atoms with E-state index in [9.17, 15) is 4.79 Å². The van der Waals surface area contributed by atoms with Crippen LogP contribution in [-0.4, -0.2) is 41.1 Å². The normalized spacial score (nSPS) is 14.7. The summed E-state index contributed by atoms with van der Waals surface area (Å²) in [5.41, 5.74) is 1.98. The Bertz CT molecular complexity index is 602. The molecule has 1 aliphatic rings. The van der Waals surface area contributed by atoms with Crippen molar-refractivity contribution in [2.24, 2.45) is 0 Å². The zero-order valence-electron chi connectivity index (χ0n) is 12.3. The second-order valence-corrected chi connectivity index (χ2v) is 5.41. The van der Waals surface area contributed by atoms with Gasteiger partial charge in [-0.3, -0.25) is 4.79 Å². The van der Waals surface area contributed by atoms with Gasteiger partial charge in [-0.15, -0.1) is 0 Å². The molecule has 110 valence electrons. The van der Waals surface area contributed by atoms with Crippen LogP contribution in [0.2, 0.25) is 0 Å². The Hall–Kier alpha value is -2.07. The van der Waals surface area contributed by atoms with Crippen LogP contribution in [0, 0.1) is 0 Å². The molecule has 0 spiro atoms. The summed E-state index contributed by atoms with van der Waals surface area (Å²) in [6.07, 6.45) is 1.98. The molecule has 0 radical (unpaired) electrons. The van der Waals surface area contributed by atoms with Gasteiger partial charge in [-0.25, -0.2) is 0 Å². The fourth-order valence-electron chi connectivity index (χ4n) is 2.73. The van der Waals surface area contributed by atoms with Gasteiger partial charge in [-0.1, -0.05) is 30.3 Å². The fourth-order valence-corrected chi connectivity index (χ4v) is 2.73. The van der Waals surface area contributed by atoms with Gasteiger partial charge in [0.2, 0.25) is 0 Å². The molecule has 1 saturated heterocycles. The SMILES string of the molecule is CCN(C(=O)c1cccn1Cc1ccccc1)C1CNC1. The quantitative estimate of drug-likeness (QED) is 0.911. The maximum absolute atomic E-state index is 12.8. The van der Waals surface area contributed by atoms with Crippen LogP contribution in [-0.2, 0) is 6.54 Å². The lowest BCUT2D eigenvalue weighted by atomic mass is 10.1. The predicted molar refractivity (Wildman–Crippen MR) is 83.3 cm³/mol. The van der Waals surface area contributed by atoms with Crippen LogP contribution in [0.5, 0.6) is 0 Å². The molecule has 2 aromatic rings. The molecule has 1 amide bonds. The van der Waals surface area contributed by atoms with E-state index in [1.54, 1.807) is 0 Å². The molecule has 1 aromatic carbocycles. The fraction of sp³-hybridized carbons (Fsp3) is 0.353. The molecule has 3 rings (SSSR count). The van der Waals surface area contributed by atoms with Crippen molar-refractivity contribution in [2.45, 2.75) is 19.5 Å². The lowest BCUT2D eigenvalue weighted by Crippen LogP contribution is -2.58. The first-order valence-electron chi connectivity index (χ1n) is 7.50. The molecule has 0 saturated carbocycles. The van der Waals surface area contributed by atoms with Gasteiger partial charge in [0.05, 0.1) is 6.04 Å². The van der Waals surface area contributed by atoms with Crippen LogP contribution in [0.25, 0.3) is 0 Å². The second-order valence-electron chi connectivity index (χ2n) is 5.41. The lowest BCUT2D eigenvalue weighted by molar-refractivity contribution is 0.0619. The summed E-state index contributed by atoms with van der Waals surface area (Å²) < 4.78 is 2.03. The zero-order chi connectivity index (χ0) is 14.7. The number of carbonyl (C=O) groups is 1. The minimum Gasteiger partial charge on any atom is -0.339 e. The molecule has 21 heavy (non-hydrogen) atoms. The van der Waals surface area contributed by atoms with Gasteiger partial charge in [0, 0.05) is 32.4 Å². The molecule has 1 fully saturated rings. The molecule has 2 heterocycles. The molecule has 1 aliphatic heterocycles. The highest BCUT2D eigenvalue weighted by Crippen LogP contribution is 2.14. The number of amides is 1. The smallest absolute Gasteiger partial charge is 0.270 e. The summed E-state index contributed by atoms with van der Waals surface area (Å²) in [5.74, 6) is 0.130. The van der Waals surface area contributed by atoms with Crippen molar-refractivity contribution in [1.29, 1.82) is 0 Å². The summed E-state index contributed by atoms with van der Waals surface area (Å²) in [7, 11) is 0. The third-order valence-corrected chi connectivity index (χ3v) is 4.05. The highest BCUT2D eigenvalue weighted by atomic mass is 16.2. The number of rotatable bonds is 5. The minimum absolute atomic E-state index is 0.130. The van der Waals surface area contributed by atoms with Crippen molar-refractivity contribution in [3.63, 3.8) is 0 Å². The van der Waals surface area contributed by atoms with Gasteiger partial charge < -0.3 is 14.8 Å². The molecule has 0 atom stereocenters. The first-order valence-corrected chi connectivity index (χ1v) is 7.50. The Morgan fingerprint density at radius 3 is 2.62 bits per heavy atom. The average Bonchev–Trinajstić information content (AvgIpc) is 2.91. The van der Waals surface area contributed by atoms with Crippen LogP contribution in [0.15, 0.2) is 48.7 Å². The van der Waals surface area contributed by atoms with E-state index in [4.69, 9.17) is 0 Å². The molecular weight excluding hydrogens is 262 g/mol. The topological polar surface area (TPSA) is 37.3 Å². The van der Waals surface area contributed by atoms with Crippen molar-refractivity contribution in [3.05, 3.63) is 59.9 Å². The van der Waals surface area contributed by atoms with Crippen molar-refractivity contribution < 1.29 is 4.79 Å². The highest BCUT2D eigenvalue weighted by Gasteiger charge is 2.29. The first-order chi connectivity index (χ1) is 10.3. The second kappa shape index (κ2) is 6.14. The monoisotopic (exact) mass is 283 g/mol. The number of likely N-dealkylation sites (N-methyl/N-ethyl adjacent to an activating group) is 1. The van der Waals surface area contributed by atoms with Crippen molar-refractivity contribution in [2.75, 3.05) is 19.6 Å². The van der Waals surface area contributed by atoms with E-state index in [2.05, 4.69) is 17.4 Å². The molecule has 4 heteroatoms. The van der Waals surface area contributed by atoms with Gasteiger partial charge >= 0.3 is 0 Å². The van der Waals surface area contributed by atoms with Gasteiger partial charge in [-0.2, -0.15) is 0 Å². The van der Waals surface area contributed by atoms with E-state index in [1.165, 1.54) is 5.56 Å². The number of hydrogen-bond acceptors (Lipinski definition) is 2. The summed E-state index contributed by atoms with van der Waals surface area (Å²) >= 11 is 0. The Morgan fingerprint density at radius 1 is 1.24 bits per heavy atom. The van der Waals surface area contributed by atoms with E-state index >= 15 is 0 Å². The van der Waals surface area contributed by atoms with Gasteiger partial charge in [0.25, 0.3) is 5.91 Å². The minimum atomic E-state index is 0.130. The highest BCUT2D eigenvalue weighted by molar-refractivity contribution is 5.93. The van der Waals surface area contributed by atoms with Crippen molar-refractivity contribution in [1.82, 2.24) is 14.8 Å². The molecule has 4 nitrogen and oxygen atoms in total. The number of nitrogens with one attached hydrogen (secondary N) is 1. The Balaban J connectivity index is 1.79. The molecule has 1 aromatic heterocycles. The molecule has 0 aliphatic carbocycles. The summed E-state index contributed by atoms with van der Waals surface area (Å²) in [5, 5.41) is 3.23. The number of nitrogens with zero attached hydrogens (tertiary/aromatic N) is 2. The predicted octanol–water partition coefficient (Wildman–Crippen LogP) is 1.97. The van der Waals surface area contributed by atoms with Crippen LogP contribution in [0.3, 0.4) is 0 Å². The van der Waals surface area contributed by atoms with Crippen LogP contribution in [0.1, 0.15) is 23.0 Å². The van der Waals surface area contributed by atoms with E-state index in [0.29, 0.717) is 6.04 Å². The third kappa shape index (κ3) is 2.85. The summed E-state index contributed by atoms with van der Waals surface area (Å²) in [6.45, 7) is 5.33. The number of benzene rings is 1. The average molecular weight is 283 g/mol. The zero-order valence-corrected chi connectivity index (χ0v) is 12.3. The summed E-state index contributed by atoms with van der Waals surface area (Å²) in [6, 6.07) is 14.4. The Labute approximate surface area is 125 Å². The van der Waals surface area contributed by atoms with E-state index in [0.717, 1.165) is 31.9 Å². The molecular formula is C17H21N3O.